The highest BCUT2D eigenvalue weighted by Gasteiger charge is 2.22. The molecular formula is C21H33IN6O2. The number of ether oxygens (including phenoxy) is 2. The van der Waals surface area contributed by atoms with Crippen LogP contribution in [0.25, 0.3) is 0 Å². The van der Waals surface area contributed by atoms with Gasteiger partial charge < -0.3 is 20.1 Å². The fourth-order valence-corrected chi connectivity index (χ4v) is 3.21. The van der Waals surface area contributed by atoms with Gasteiger partial charge in [0.2, 0.25) is 0 Å². The molecule has 2 N–H and O–H groups in total. The predicted octanol–water partition coefficient (Wildman–Crippen LogP) is 2.76. The molecule has 1 unspecified atom stereocenters. The third-order valence-electron chi connectivity index (χ3n) is 4.71. The maximum Gasteiger partial charge on any atom is 0.191 e. The van der Waals surface area contributed by atoms with Crippen LogP contribution in [0, 0.1) is 5.92 Å². The summed E-state index contributed by atoms with van der Waals surface area (Å²) >= 11 is 0. The fraction of sp³-hybridized carbons (Fsp3) is 0.571. The second kappa shape index (κ2) is 12.1. The number of benzene rings is 1. The maximum atomic E-state index is 5.74. The minimum Gasteiger partial charge on any atom is -0.493 e. The first-order valence-corrected chi connectivity index (χ1v) is 10.2. The molecule has 0 amide bonds. The fourth-order valence-electron chi connectivity index (χ4n) is 3.21. The van der Waals surface area contributed by atoms with Crippen molar-refractivity contribution in [2.75, 3.05) is 20.8 Å². The molecule has 30 heavy (non-hydrogen) atoms. The van der Waals surface area contributed by atoms with Gasteiger partial charge in [0.25, 0.3) is 0 Å². The number of nitrogens with one attached hydrogen (secondary N) is 2. The Morgan fingerprint density at radius 3 is 2.73 bits per heavy atom. The Bertz CT molecular complexity index is 806. The van der Waals surface area contributed by atoms with Gasteiger partial charge in [0.15, 0.2) is 11.8 Å². The van der Waals surface area contributed by atoms with Crippen molar-refractivity contribution in [3.05, 3.63) is 41.5 Å². The molecule has 1 aliphatic heterocycles. The van der Waals surface area contributed by atoms with Crippen LogP contribution in [0.5, 0.6) is 5.75 Å². The second-order valence-electron chi connectivity index (χ2n) is 7.71. The molecule has 0 fully saturated rings. The summed E-state index contributed by atoms with van der Waals surface area (Å²) in [7, 11) is 3.45. The molecule has 166 valence electrons. The van der Waals surface area contributed by atoms with E-state index in [2.05, 4.69) is 51.7 Å². The van der Waals surface area contributed by atoms with Gasteiger partial charge in [-0.3, -0.25) is 4.99 Å². The van der Waals surface area contributed by atoms with E-state index in [1.54, 1.807) is 14.2 Å². The van der Waals surface area contributed by atoms with Crippen molar-refractivity contribution in [3.8, 4) is 5.75 Å². The lowest BCUT2D eigenvalue weighted by atomic mass is 10.1. The number of guanidine groups is 1. The summed E-state index contributed by atoms with van der Waals surface area (Å²) in [5, 5.41) is 11.4. The van der Waals surface area contributed by atoms with Crippen LogP contribution in [0.15, 0.2) is 29.3 Å². The first kappa shape index (κ1) is 24.4. The Morgan fingerprint density at radius 2 is 2.07 bits per heavy atom. The maximum absolute atomic E-state index is 5.74. The number of aromatic nitrogens is 3. The van der Waals surface area contributed by atoms with Crippen LogP contribution in [0.3, 0.4) is 0 Å². The quantitative estimate of drug-likeness (QED) is 0.312. The van der Waals surface area contributed by atoms with Crippen LogP contribution < -0.4 is 15.4 Å². The van der Waals surface area contributed by atoms with Gasteiger partial charge in [-0.1, -0.05) is 26.0 Å². The highest BCUT2D eigenvalue weighted by Crippen LogP contribution is 2.14. The Morgan fingerprint density at radius 1 is 1.30 bits per heavy atom. The molecule has 0 aliphatic carbocycles. The average molecular weight is 528 g/mol. The number of aliphatic imine (C=N–C) groups is 1. The van der Waals surface area contributed by atoms with Crippen LogP contribution in [0.2, 0.25) is 0 Å². The molecule has 0 saturated carbocycles. The Kier molecular flexibility index (Phi) is 9.83. The summed E-state index contributed by atoms with van der Waals surface area (Å²) in [5.41, 5.74) is 1.18. The van der Waals surface area contributed by atoms with E-state index in [4.69, 9.17) is 9.47 Å². The molecule has 0 radical (unpaired) electrons. The summed E-state index contributed by atoms with van der Waals surface area (Å²) in [5.74, 6) is 3.98. The molecule has 0 bridgehead atoms. The first-order chi connectivity index (χ1) is 14.1. The zero-order chi connectivity index (χ0) is 20.6. The zero-order valence-corrected chi connectivity index (χ0v) is 20.6. The van der Waals surface area contributed by atoms with Crippen LogP contribution in [-0.2, 0) is 30.9 Å². The lowest BCUT2D eigenvalue weighted by Gasteiger charge is -2.25. The molecule has 1 atom stereocenters. The molecule has 1 aliphatic rings. The monoisotopic (exact) mass is 528 g/mol. The van der Waals surface area contributed by atoms with Crippen molar-refractivity contribution in [3.63, 3.8) is 0 Å². The van der Waals surface area contributed by atoms with Crippen LogP contribution >= 0.6 is 24.0 Å². The van der Waals surface area contributed by atoms with Crippen molar-refractivity contribution >= 4 is 29.9 Å². The van der Waals surface area contributed by atoms with E-state index >= 15 is 0 Å². The van der Waals surface area contributed by atoms with Crippen molar-refractivity contribution in [1.29, 1.82) is 0 Å². The number of fused-ring (bicyclic) bond motifs is 1. The summed E-state index contributed by atoms with van der Waals surface area (Å²) in [6, 6.07) is 8.45. The Hall–Kier alpha value is -1.88. The van der Waals surface area contributed by atoms with E-state index in [1.165, 1.54) is 5.56 Å². The van der Waals surface area contributed by atoms with Gasteiger partial charge in [-0.05, 0) is 30.0 Å². The largest absolute Gasteiger partial charge is 0.493 e. The molecule has 1 aromatic carbocycles. The van der Waals surface area contributed by atoms with E-state index in [-0.39, 0.29) is 30.0 Å². The molecule has 1 aromatic heterocycles. The summed E-state index contributed by atoms with van der Waals surface area (Å²) < 4.78 is 12.8. The topological polar surface area (TPSA) is 85.6 Å². The van der Waals surface area contributed by atoms with Crippen molar-refractivity contribution in [2.24, 2.45) is 10.9 Å². The van der Waals surface area contributed by atoms with Crippen LogP contribution in [0.4, 0.5) is 0 Å². The van der Waals surface area contributed by atoms with Crippen molar-refractivity contribution in [2.45, 2.75) is 52.4 Å². The average Bonchev–Trinajstić information content (AvgIpc) is 3.12. The number of aryl methyl sites for hydroxylation is 1. The van der Waals surface area contributed by atoms with Gasteiger partial charge in [-0.15, -0.1) is 24.0 Å². The third-order valence-corrected chi connectivity index (χ3v) is 4.71. The van der Waals surface area contributed by atoms with Crippen LogP contribution in [0.1, 0.15) is 37.5 Å². The number of methoxy groups -OCH3 is 1. The van der Waals surface area contributed by atoms with Gasteiger partial charge in [-0.25, -0.2) is 9.67 Å². The molecule has 8 nitrogen and oxygen atoms in total. The first-order valence-electron chi connectivity index (χ1n) is 10.2. The second-order valence-corrected chi connectivity index (χ2v) is 7.71. The van der Waals surface area contributed by atoms with Gasteiger partial charge >= 0.3 is 0 Å². The highest BCUT2D eigenvalue weighted by atomic mass is 127. The lowest BCUT2D eigenvalue weighted by molar-refractivity contribution is 0.177. The van der Waals surface area contributed by atoms with Crippen LogP contribution in [-0.4, -0.2) is 47.5 Å². The number of nitrogens with zero attached hydrogens (tertiary/aromatic N) is 4. The molecule has 3 rings (SSSR count). The molecule has 9 heteroatoms. The summed E-state index contributed by atoms with van der Waals surface area (Å²) in [4.78, 5) is 8.88. The van der Waals surface area contributed by atoms with E-state index < -0.39 is 0 Å². The summed E-state index contributed by atoms with van der Waals surface area (Å²) in [6.07, 6.45) is 1.89. The SMILES string of the molecule is CN=C(NCc1ccc(OCC(C)C)cc1)NC1CCc2nc(COC)nn2C1.I. The minimum absolute atomic E-state index is 0. The van der Waals surface area contributed by atoms with Gasteiger partial charge in [-0.2, -0.15) is 5.10 Å². The minimum atomic E-state index is 0. The van der Waals surface area contributed by atoms with E-state index in [1.807, 2.05) is 16.8 Å². The standard InChI is InChI=1S/C21H32N6O2.HI/c1-15(2)13-29-18-8-5-16(6-9-18)11-23-21(22-3)24-17-7-10-20-25-19(14-28-4)26-27(20)12-17;/h5-6,8-9,15,17H,7,10-14H2,1-4H3,(H2,22,23,24);1H. The Balaban J connectivity index is 0.00000320. The number of halogens is 1. The highest BCUT2D eigenvalue weighted by molar-refractivity contribution is 14.0. The smallest absolute Gasteiger partial charge is 0.191 e. The van der Waals surface area contributed by atoms with Gasteiger partial charge in [0.05, 0.1) is 13.2 Å². The Labute approximate surface area is 195 Å². The predicted molar refractivity (Wildman–Crippen MR) is 128 cm³/mol. The van der Waals surface area contributed by atoms with E-state index in [0.29, 0.717) is 19.1 Å². The third kappa shape index (κ3) is 7.12. The summed E-state index contributed by atoms with van der Waals surface area (Å²) in [6.45, 7) is 6.94. The molecule has 0 saturated heterocycles. The van der Waals surface area contributed by atoms with Gasteiger partial charge in [0, 0.05) is 33.2 Å². The zero-order valence-electron chi connectivity index (χ0n) is 18.2. The van der Waals surface area contributed by atoms with Crippen molar-refractivity contribution < 1.29 is 9.47 Å². The molecular weight excluding hydrogens is 495 g/mol. The molecule has 2 heterocycles. The molecule has 0 spiro atoms. The van der Waals surface area contributed by atoms with Crippen molar-refractivity contribution in [1.82, 2.24) is 25.4 Å². The van der Waals surface area contributed by atoms with E-state index in [0.717, 1.165) is 49.4 Å². The number of hydrogen-bond acceptors (Lipinski definition) is 5. The lowest BCUT2D eigenvalue weighted by Crippen LogP contribution is -2.46. The normalized spacial score (nSPS) is 16.0. The number of hydrogen-bond donors (Lipinski definition) is 2. The van der Waals surface area contributed by atoms with Gasteiger partial charge in [0.1, 0.15) is 18.2 Å². The number of rotatable bonds is 8. The van der Waals surface area contributed by atoms with E-state index in [9.17, 15) is 0 Å². The molecule has 2 aromatic rings.